The van der Waals surface area contributed by atoms with Crippen molar-refractivity contribution in [3.8, 4) is 0 Å². The molecular weight excluding hydrogens is 454 g/mol. The second-order valence-corrected chi connectivity index (χ2v) is 10.6. The van der Waals surface area contributed by atoms with E-state index in [-0.39, 0.29) is 18.5 Å². The molecule has 0 radical (unpaired) electrons. The van der Waals surface area contributed by atoms with Crippen molar-refractivity contribution in [1.82, 2.24) is 19.0 Å². The van der Waals surface area contributed by atoms with Gasteiger partial charge in [0.2, 0.25) is 0 Å². The van der Waals surface area contributed by atoms with Gasteiger partial charge in [-0.1, -0.05) is 12.1 Å². The van der Waals surface area contributed by atoms with Crippen LogP contribution in [0, 0.1) is 0 Å². The minimum Gasteiger partial charge on any atom is -0.480 e. The quantitative estimate of drug-likeness (QED) is 0.400. The largest absolute Gasteiger partial charge is 0.480 e. The Labute approximate surface area is 200 Å². The third kappa shape index (κ3) is 5.69. The van der Waals surface area contributed by atoms with Crippen molar-refractivity contribution < 1.29 is 18.3 Å². The fourth-order valence-electron chi connectivity index (χ4n) is 4.01. The summed E-state index contributed by atoms with van der Waals surface area (Å²) < 4.78 is 29.7. The number of aliphatic carboxylic acids is 1. The van der Waals surface area contributed by atoms with Crippen LogP contribution in [0.2, 0.25) is 0 Å². The Bertz CT molecular complexity index is 1250. The van der Waals surface area contributed by atoms with Gasteiger partial charge in [0.05, 0.1) is 0 Å². The van der Waals surface area contributed by atoms with Crippen LogP contribution in [0.1, 0.15) is 40.2 Å². The minimum absolute atomic E-state index is 0.0237. The number of hydrogen-bond donors (Lipinski definition) is 3. The number of nitrogens with zero attached hydrogens (tertiary/aromatic N) is 3. The van der Waals surface area contributed by atoms with E-state index in [0.717, 1.165) is 16.5 Å². The number of nitrogens with one attached hydrogen (secondary N) is 2. The number of benzene rings is 1. The standard InChI is InChI=1S/C24H31N5O4S/c1-16(2)29(17(3)4)34(32,33)28-24(5,23(30)31)14-18-6-8-20(9-7-18)27-22-21-11-12-25-15-19(21)10-13-26-22/h6-13,15-17,28H,14H2,1-5H3,(H,26,27)(H,30,31)/t24-/m0/s1. The van der Waals surface area contributed by atoms with Gasteiger partial charge in [0.25, 0.3) is 10.2 Å². The van der Waals surface area contributed by atoms with Crippen LogP contribution in [0.15, 0.2) is 55.0 Å². The van der Waals surface area contributed by atoms with E-state index < -0.39 is 21.7 Å². The average Bonchev–Trinajstić information content (AvgIpc) is 2.74. The maximum absolute atomic E-state index is 13.0. The van der Waals surface area contributed by atoms with E-state index in [1.165, 1.54) is 11.2 Å². The summed E-state index contributed by atoms with van der Waals surface area (Å²) in [6.07, 6.45) is 5.14. The third-order valence-corrected chi connectivity index (χ3v) is 7.57. The monoisotopic (exact) mass is 485 g/mol. The van der Waals surface area contributed by atoms with Gasteiger partial charge in [-0.2, -0.15) is 17.4 Å². The van der Waals surface area contributed by atoms with Crippen LogP contribution in [-0.2, 0) is 21.4 Å². The van der Waals surface area contributed by atoms with E-state index in [1.807, 2.05) is 24.3 Å². The van der Waals surface area contributed by atoms with Gasteiger partial charge < -0.3 is 10.4 Å². The molecule has 1 atom stereocenters. The Kier molecular flexibility index (Phi) is 7.54. The number of aromatic nitrogens is 2. The summed E-state index contributed by atoms with van der Waals surface area (Å²) in [6.45, 7) is 8.40. The molecule has 3 rings (SSSR count). The second-order valence-electron chi connectivity index (χ2n) is 9.02. The van der Waals surface area contributed by atoms with Crippen LogP contribution >= 0.6 is 0 Å². The highest BCUT2D eigenvalue weighted by Crippen LogP contribution is 2.25. The predicted octanol–water partition coefficient (Wildman–Crippen LogP) is 3.71. The highest BCUT2D eigenvalue weighted by Gasteiger charge is 2.41. The third-order valence-electron chi connectivity index (χ3n) is 5.46. The molecule has 182 valence electrons. The van der Waals surface area contributed by atoms with Crippen LogP contribution in [0.3, 0.4) is 0 Å². The van der Waals surface area contributed by atoms with Crippen LogP contribution in [-0.4, -0.2) is 51.4 Å². The number of carbonyl (C=O) groups is 1. The van der Waals surface area contributed by atoms with E-state index in [2.05, 4.69) is 20.0 Å². The SMILES string of the molecule is CC(C)N(C(C)C)S(=O)(=O)N[C@@](C)(Cc1ccc(Nc2nccc3cnccc23)cc1)C(=O)O. The number of carboxylic acids is 1. The number of fused-ring (bicyclic) bond motifs is 1. The number of carboxylic acid groups (broad SMARTS) is 1. The molecule has 0 saturated heterocycles. The summed E-state index contributed by atoms with van der Waals surface area (Å²) in [5.74, 6) is -0.572. The number of pyridine rings is 2. The topological polar surface area (TPSA) is 125 Å². The fraction of sp³-hybridized carbons (Fsp3) is 0.375. The van der Waals surface area contributed by atoms with Crippen molar-refractivity contribution in [3.05, 3.63) is 60.6 Å². The molecule has 3 N–H and O–H groups in total. The molecule has 2 aromatic heterocycles. The first-order valence-corrected chi connectivity index (χ1v) is 12.5. The maximum Gasteiger partial charge on any atom is 0.324 e. The van der Waals surface area contributed by atoms with E-state index in [9.17, 15) is 18.3 Å². The van der Waals surface area contributed by atoms with Gasteiger partial charge in [-0.15, -0.1) is 0 Å². The Morgan fingerprint density at radius 2 is 1.71 bits per heavy atom. The molecule has 0 amide bonds. The molecule has 9 nitrogen and oxygen atoms in total. The summed E-state index contributed by atoms with van der Waals surface area (Å²) in [5, 5.41) is 15.0. The Morgan fingerprint density at radius 3 is 2.29 bits per heavy atom. The van der Waals surface area contributed by atoms with Crippen molar-refractivity contribution in [2.75, 3.05) is 5.32 Å². The Morgan fingerprint density at radius 1 is 1.06 bits per heavy atom. The fourth-order valence-corrected chi connectivity index (χ4v) is 5.96. The van der Waals surface area contributed by atoms with Crippen LogP contribution in [0.25, 0.3) is 10.8 Å². The van der Waals surface area contributed by atoms with Crippen molar-refractivity contribution in [1.29, 1.82) is 0 Å². The smallest absolute Gasteiger partial charge is 0.324 e. The molecule has 0 aliphatic rings. The summed E-state index contributed by atoms with van der Waals surface area (Å²) >= 11 is 0. The van der Waals surface area contributed by atoms with Gasteiger partial charge in [0.1, 0.15) is 11.4 Å². The zero-order chi connectivity index (χ0) is 25.1. The highest BCUT2D eigenvalue weighted by atomic mass is 32.2. The highest BCUT2D eigenvalue weighted by molar-refractivity contribution is 7.87. The lowest BCUT2D eigenvalue weighted by Crippen LogP contribution is -2.59. The Hall–Kier alpha value is -3.08. The van der Waals surface area contributed by atoms with Crippen molar-refractivity contribution in [2.24, 2.45) is 0 Å². The lowest BCUT2D eigenvalue weighted by Gasteiger charge is -2.34. The van der Waals surface area contributed by atoms with Gasteiger partial charge in [0, 0.05) is 53.6 Å². The Balaban J connectivity index is 1.80. The number of rotatable bonds is 10. The normalized spacial score (nSPS) is 14.0. The predicted molar refractivity (Wildman–Crippen MR) is 133 cm³/mol. The molecular formula is C24H31N5O4S. The first-order chi connectivity index (χ1) is 15.9. The molecule has 0 fully saturated rings. The summed E-state index contributed by atoms with van der Waals surface area (Å²) in [7, 11) is -4.04. The van der Waals surface area contributed by atoms with Gasteiger partial charge in [0.15, 0.2) is 0 Å². The molecule has 0 unspecified atom stereocenters. The second kappa shape index (κ2) is 10.0. The van der Waals surface area contributed by atoms with Gasteiger partial charge in [-0.3, -0.25) is 9.78 Å². The molecule has 0 aliphatic heterocycles. The molecule has 34 heavy (non-hydrogen) atoms. The van der Waals surface area contributed by atoms with Gasteiger partial charge in [-0.25, -0.2) is 4.98 Å². The van der Waals surface area contributed by atoms with Crippen molar-refractivity contribution in [3.63, 3.8) is 0 Å². The van der Waals surface area contributed by atoms with Gasteiger partial charge >= 0.3 is 5.97 Å². The van der Waals surface area contributed by atoms with Crippen LogP contribution < -0.4 is 10.0 Å². The van der Waals surface area contributed by atoms with Crippen LogP contribution in [0.5, 0.6) is 0 Å². The molecule has 0 saturated carbocycles. The van der Waals surface area contributed by atoms with Gasteiger partial charge in [-0.05, 0) is 64.4 Å². The summed E-state index contributed by atoms with van der Waals surface area (Å²) in [5.41, 5.74) is -0.280. The molecule has 2 heterocycles. The molecule has 10 heteroatoms. The van der Waals surface area contributed by atoms with E-state index in [0.29, 0.717) is 11.4 Å². The molecule has 0 spiro atoms. The average molecular weight is 486 g/mol. The first kappa shape index (κ1) is 25.5. The van der Waals surface area contributed by atoms with Crippen LogP contribution in [0.4, 0.5) is 11.5 Å². The lowest BCUT2D eigenvalue weighted by atomic mass is 9.94. The van der Waals surface area contributed by atoms with E-state index in [4.69, 9.17) is 0 Å². The molecule has 3 aromatic rings. The van der Waals surface area contributed by atoms with E-state index in [1.54, 1.807) is 58.4 Å². The maximum atomic E-state index is 13.0. The molecule has 0 aliphatic carbocycles. The number of hydrogen-bond acceptors (Lipinski definition) is 6. The number of anilines is 2. The lowest BCUT2D eigenvalue weighted by molar-refractivity contribution is -0.143. The summed E-state index contributed by atoms with van der Waals surface area (Å²) in [6, 6.07) is 10.3. The molecule has 0 bridgehead atoms. The first-order valence-electron chi connectivity index (χ1n) is 11.0. The zero-order valence-corrected chi connectivity index (χ0v) is 20.8. The minimum atomic E-state index is -4.04. The zero-order valence-electron chi connectivity index (χ0n) is 20.0. The van der Waals surface area contributed by atoms with Crippen molar-refractivity contribution >= 4 is 38.5 Å². The molecule has 1 aromatic carbocycles. The van der Waals surface area contributed by atoms with E-state index >= 15 is 0 Å². The van der Waals surface area contributed by atoms with Crippen molar-refractivity contribution in [2.45, 2.75) is 58.7 Å². The summed E-state index contributed by atoms with van der Waals surface area (Å²) in [4.78, 5) is 20.6.